The van der Waals surface area contributed by atoms with Crippen LogP contribution in [0.1, 0.15) is 34.6 Å². The van der Waals surface area contributed by atoms with Gasteiger partial charge in [-0.15, -0.1) is 0 Å². The predicted molar refractivity (Wildman–Crippen MR) is 102 cm³/mol. The van der Waals surface area contributed by atoms with Crippen LogP contribution in [0.4, 0.5) is 5.69 Å². The molecule has 2 rings (SSSR count). The fourth-order valence-electron chi connectivity index (χ4n) is 2.21. The highest BCUT2D eigenvalue weighted by Crippen LogP contribution is 2.29. The number of carbonyl (C=O) groups is 2. The van der Waals surface area contributed by atoms with E-state index in [0.29, 0.717) is 11.5 Å². The van der Waals surface area contributed by atoms with Gasteiger partial charge in [0.2, 0.25) is 0 Å². The summed E-state index contributed by atoms with van der Waals surface area (Å²) in [5.41, 5.74) is 4.41. The maximum Gasteiger partial charge on any atom is 0.271 e. The first-order valence-electron chi connectivity index (χ1n) is 8.12. The maximum atomic E-state index is 12.3. The van der Waals surface area contributed by atoms with Crippen molar-refractivity contribution >= 4 is 29.1 Å². The van der Waals surface area contributed by atoms with Gasteiger partial charge in [-0.3, -0.25) is 30.6 Å². The lowest BCUT2D eigenvalue weighted by Crippen LogP contribution is -2.41. The third-order valence-electron chi connectivity index (χ3n) is 3.49. The molecule has 2 aromatic carbocycles. The number of non-ortho nitro benzene ring substituents is 1. The molecule has 0 radical (unpaired) electrons. The molecule has 0 heterocycles. The zero-order valence-corrected chi connectivity index (χ0v) is 16.1. The third kappa shape index (κ3) is 5.10. The van der Waals surface area contributed by atoms with Gasteiger partial charge in [0.05, 0.1) is 28.7 Å². The summed E-state index contributed by atoms with van der Waals surface area (Å²) in [6, 6.07) is 7.96. The molecule has 0 unspecified atom stereocenters. The van der Waals surface area contributed by atoms with Crippen LogP contribution in [-0.2, 0) is 0 Å². The molecule has 0 saturated carbocycles. The summed E-state index contributed by atoms with van der Waals surface area (Å²) in [6.45, 7) is 3.72. The van der Waals surface area contributed by atoms with E-state index in [-0.39, 0.29) is 27.9 Å². The van der Waals surface area contributed by atoms with Gasteiger partial charge in [0, 0.05) is 17.7 Å². The number of hydrogen-bond acceptors (Lipinski definition) is 6. The monoisotopic (exact) mass is 407 g/mol. The quantitative estimate of drug-likeness (QED) is 0.560. The number of nitrogens with one attached hydrogen (secondary N) is 2. The molecule has 0 fully saturated rings. The Bertz CT molecular complexity index is 916. The van der Waals surface area contributed by atoms with Crippen molar-refractivity contribution in [3.05, 3.63) is 62.7 Å². The Morgan fingerprint density at radius 1 is 1.07 bits per heavy atom. The Kier molecular flexibility index (Phi) is 6.78. The number of nitro groups is 1. The largest absolute Gasteiger partial charge is 0.493 e. The van der Waals surface area contributed by atoms with E-state index in [1.807, 2.05) is 13.8 Å². The molecule has 10 heteroatoms. The molecule has 2 aromatic rings. The van der Waals surface area contributed by atoms with E-state index in [1.165, 1.54) is 25.3 Å². The minimum Gasteiger partial charge on any atom is -0.493 e. The van der Waals surface area contributed by atoms with Crippen molar-refractivity contribution in [2.75, 3.05) is 7.11 Å². The van der Waals surface area contributed by atoms with E-state index in [4.69, 9.17) is 21.1 Å². The molecule has 0 aromatic heterocycles. The molecule has 0 aliphatic heterocycles. The molecular weight excluding hydrogens is 390 g/mol. The number of nitrogens with zero attached hydrogens (tertiary/aromatic N) is 1. The fraction of sp³-hybridized carbons (Fsp3) is 0.222. The Hall–Kier alpha value is -3.33. The van der Waals surface area contributed by atoms with Gasteiger partial charge < -0.3 is 9.47 Å². The van der Waals surface area contributed by atoms with E-state index in [9.17, 15) is 19.7 Å². The minimum absolute atomic E-state index is 0.0224. The first-order chi connectivity index (χ1) is 13.2. The molecule has 0 aliphatic carbocycles. The predicted octanol–water partition coefficient (Wildman–Crippen LogP) is 3.12. The first-order valence-corrected chi connectivity index (χ1v) is 8.50. The Balaban J connectivity index is 2.07. The summed E-state index contributed by atoms with van der Waals surface area (Å²) < 4.78 is 10.8. The summed E-state index contributed by atoms with van der Waals surface area (Å²) in [7, 11) is 1.45. The number of ether oxygens (including phenoxy) is 2. The third-order valence-corrected chi connectivity index (χ3v) is 3.80. The number of methoxy groups -OCH3 is 1. The normalized spacial score (nSPS) is 10.3. The summed E-state index contributed by atoms with van der Waals surface area (Å²) >= 11 is 5.89. The second kappa shape index (κ2) is 9.05. The van der Waals surface area contributed by atoms with E-state index < -0.39 is 16.7 Å². The van der Waals surface area contributed by atoms with Crippen LogP contribution in [0, 0.1) is 10.1 Å². The molecular formula is C18H18ClN3O6. The molecule has 9 nitrogen and oxygen atoms in total. The second-order valence-corrected chi connectivity index (χ2v) is 6.27. The van der Waals surface area contributed by atoms with E-state index in [1.54, 1.807) is 6.07 Å². The van der Waals surface area contributed by atoms with E-state index >= 15 is 0 Å². The molecule has 2 amide bonds. The Morgan fingerprint density at radius 3 is 2.32 bits per heavy atom. The van der Waals surface area contributed by atoms with Crippen LogP contribution in [0.15, 0.2) is 36.4 Å². The highest BCUT2D eigenvalue weighted by Gasteiger charge is 2.17. The van der Waals surface area contributed by atoms with Crippen LogP contribution in [0.25, 0.3) is 0 Å². The highest BCUT2D eigenvalue weighted by molar-refractivity contribution is 6.34. The molecule has 0 saturated heterocycles. The van der Waals surface area contributed by atoms with E-state index in [0.717, 1.165) is 12.1 Å². The van der Waals surface area contributed by atoms with Crippen molar-refractivity contribution in [2.24, 2.45) is 0 Å². The lowest BCUT2D eigenvalue weighted by Gasteiger charge is -2.14. The standard InChI is InChI=1S/C18H18ClN3O6/c1-10(2)28-15-7-4-11(8-16(15)27-3)17(23)20-21-18(24)13-6-5-12(22(25)26)9-14(13)19/h4-10H,1-3H3,(H,20,23)(H,21,24). The van der Waals surface area contributed by atoms with Gasteiger partial charge in [-0.05, 0) is 38.1 Å². The molecule has 0 spiro atoms. The smallest absolute Gasteiger partial charge is 0.271 e. The summed E-state index contributed by atoms with van der Waals surface area (Å²) in [5.74, 6) is -0.470. The Labute approximate surface area is 165 Å². The molecule has 0 aliphatic rings. The lowest BCUT2D eigenvalue weighted by molar-refractivity contribution is -0.384. The van der Waals surface area contributed by atoms with Crippen molar-refractivity contribution in [3.8, 4) is 11.5 Å². The van der Waals surface area contributed by atoms with Gasteiger partial charge >= 0.3 is 0 Å². The van der Waals surface area contributed by atoms with Crippen molar-refractivity contribution in [2.45, 2.75) is 20.0 Å². The van der Waals surface area contributed by atoms with Gasteiger partial charge in [-0.1, -0.05) is 11.6 Å². The van der Waals surface area contributed by atoms with Gasteiger partial charge in [-0.2, -0.15) is 0 Å². The molecule has 0 bridgehead atoms. The molecule has 148 valence electrons. The number of nitro benzene ring substituents is 1. The molecule has 0 atom stereocenters. The van der Waals surface area contributed by atoms with Gasteiger partial charge in [0.25, 0.3) is 17.5 Å². The number of carbonyl (C=O) groups excluding carboxylic acids is 2. The minimum atomic E-state index is -0.722. The van der Waals surface area contributed by atoms with Crippen LogP contribution in [0.2, 0.25) is 5.02 Å². The fourth-order valence-corrected chi connectivity index (χ4v) is 2.48. The highest BCUT2D eigenvalue weighted by atomic mass is 35.5. The van der Waals surface area contributed by atoms with Crippen LogP contribution >= 0.6 is 11.6 Å². The summed E-state index contributed by atoms with van der Waals surface area (Å²) in [6.07, 6.45) is -0.0701. The molecule has 2 N–H and O–H groups in total. The number of halogens is 1. The van der Waals surface area contributed by atoms with Gasteiger partial charge in [0.15, 0.2) is 11.5 Å². The average molecular weight is 408 g/mol. The summed E-state index contributed by atoms with van der Waals surface area (Å²) in [5, 5.41) is 10.6. The van der Waals surface area contributed by atoms with Crippen molar-refractivity contribution in [3.63, 3.8) is 0 Å². The van der Waals surface area contributed by atoms with Gasteiger partial charge in [-0.25, -0.2) is 0 Å². The zero-order chi connectivity index (χ0) is 20.8. The van der Waals surface area contributed by atoms with Crippen molar-refractivity contribution < 1.29 is 24.0 Å². The van der Waals surface area contributed by atoms with Gasteiger partial charge in [0.1, 0.15) is 0 Å². The number of hydrogen-bond donors (Lipinski definition) is 2. The Morgan fingerprint density at radius 2 is 1.75 bits per heavy atom. The van der Waals surface area contributed by atoms with E-state index in [2.05, 4.69) is 10.9 Å². The van der Waals surface area contributed by atoms with Crippen molar-refractivity contribution in [1.29, 1.82) is 0 Å². The number of benzene rings is 2. The zero-order valence-electron chi connectivity index (χ0n) is 15.3. The molecule has 28 heavy (non-hydrogen) atoms. The topological polar surface area (TPSA) is 120 Å². The van der Waals surface area contributed by atoms with Crippen LogP contribution in [0.5, 0.6) is 11.5 Å². The SMILES string of the molecule is COc1cc(C(=O)NNC(=O)c2ccc([N+](=O)[O-])cc2Cl)ccc1OC(C)C. The second-order valence-electron chi connectivity index (χ2n) is 5.86. The number of rotatable bonds is 6. The number of hydrazine groups is 1. The van der Waals surface area contributed by atoms with Crippen LogP contribution in [-0.4, -0.2) is 30.0 Å². The van der Waals surface area contributed by atoms with Crippen molar-refractivity contribution in [1.82, 2.24) is 10.9 Å². The number of amides is 2. The van der Waals surface area contributed by atoms with Crippen LogP contribution < -0.4 is 20.3 Å². The maximum absolute atomic E-state index is 12.3. The summed E-state index contributed by atoms with van der Waals surface area (Å²) in [4.78, 5) is 34.5. The average Bonchev–Trinajstić information content (AvgIpc) is 2.65. The van der Waals surface area contributed by atoms with Crippen LogP contribution in [0.3, 0.4) is 0 Å². The lowest BCUT2D eigenvalue weighted by atomic mass is 10.2. The first kappa shape index (κ1) is 21.0.